The molecule has 1 aromatic heterocycles. The van der Waals surface area contributed by atoms with Crippen LogP contribution in [0.5, 0.6) is 5.75 Å². The topological polar surface area (TPSA) is 127 Å². The Hall–Kier alpha value is -4.86. The smallest absolute Gasteiger partial charge is 0.440 e. The van der Waals surface area contributed by atoms with E-state index in [-0.39, 0.29) is 24.9 Å². The zero-order chi connectivity index (χ0) is 27.2. The van der Waals surface area contributed by atoms with Crippen molar-refractivity contribution in [3.05, 3.63) is 110 Å². The number of nitrogens with zero attached hydrogens (tertiary/aromatic N) is 2. The van der Waals surface area contributed by atoms with Crippen LogP contribution in [0.25, 0.3) is 11.1 Å². The number of aryl methyl sites for hydroxylation is 1. The van der Waals surface area contributed by atoms with E-state index in [0.29, 0.717) is 17.9 Å². The van der Waals surface area contributed by atoms with E-state index in [0.717, 1.165) is 32.6 Å². The largest absolute Gasteiger partial charge is 0.489 e. The number of aromatic nitrogens is 2. The number of hydrogen-bond donors (Lipinski definition) is 2. The second-order valence-electron chi connectivity index (χ2n) is 8.98. The third-order valence-electron chi connectivity index (χ3n) is 5.91. The van der Waals surface area contributed by atoms with Crippen LogP contribution in [0.4, 0.5) is 0 Å². The highest BCUT2D eigenvalue weighted by molar-refractivity contribution is 5.97. The van der Waals surface area contributed by atoms with E-state index >= 15 is 0 Å². The minimum atomic E-state index is -0.790. The number of H-pyrrole nitrogens is 1. The first kappa shape index (κ1) is 26.2. The van der Waals surface area contributed by atoms with Gasteiger partial charge in [-0.1, -0.05) is 36.4 Å². The van der Waals surface area contributed by atoms with Crippen molar-refractivity contribution in [1.29, 1.82) is 0 Å². The van der Waals surface area contributed by atoms with E-state index in [1.807, 2.05) is 48.3 Å². The highest BCUT2D eigenvalue weighted by atomic mass is 16.5. The van der Waals surface area contributed by atoms with Crippen molar-refractivity contribution >= 4 is 11.8 Å². The van der Waals surface area contributed by atoms with E-state index in [1.165, 1.54) is 4.90 Å². The lowest BCUT2D eigenvalue weighted by Gasteiger charge is -2.13. The fraction of sp³-hybridized carbons (Fsp3) is 0.214. The number of rotatable bonds is 9. The van der Waals surface area contributed by atoms with Crippen molar-refractivity contribution in [2.45, 2.75) is 20.1 Å². The molecule has 3 aromatic carbocycles. The molecule has 0 spiro atoms. The van der Waals surface area contributed by atoms with Crippen LogP contribution in [0, 0.1) is 6.92 Å². The summed E-state index contributed by atoms with van der Waals surface area (Å²) < 4.78 is 11.7. The molecule has 0 aliphatic rings. The number of benzene rings is 3. The number of ether oxygens (including phenoxy) is 1. The molecule has 4 rings (SSSR count). The van der Waals surface area contributed by atoms with Gasteiger partial charge in [0.15, 0.2) is 0 Å². The number of carbonyl (C=O) groups is 2. The van der Waals surface area contributed by atoms with E-state index < -0.39 is 11.4 Å². The van der Waals surface area contributed by atoms with Crippen molar-refractivity contribution in [3.63, 3.8) is 0 Å². The molecular weight excluding hydrogens is 488 g/mol. The minimum Gasteiger partial charge on any atom is -0.489 e. The highest BCUT2D eigenvalue weighted by Gasteiger charge is 2.12. The van der Waals surface area contributed by atoms with Gasteiger partial charge in [0.25, 0.3) is 5.91 Å². The summed E-state index contributed by atoms with van der Waals surface area (Å²) >= 11 is 0. The van der Waals surface area contributed by atoms with Gasteiger partial charge in [0.1, 0.15) is 12.4 Å². The van der Waals surface area contributed by atoms with E-state index in [1.54, 1.807) is 44.4 Å². The molecule has 38 heavy (non-hydrogen) atoms. The standard InChI is InChI=1S/C28H28N4O6/c1-18-13-22(26(34)29-15-25(33)31(2)3)9-12-24(18)21-6-4-5-20(14-21)17-37-23-10-7-19(8-11-23)16-32-27(35)30-28(36)38-32/h4-14H,15-17H2,1-3H3,(H,29,34)(H,30,35,36). The molecule has 0 bridgehead atoms. The molecule has 4 aromatic rings. The molecule has 2 N–H and O–H groups in total. The molecule has 0 aliphatic heterocycles. The van der Waals surface area contributed by atoms with Gasteiger partial charge in [0.2, 0.25) is 5.91 Å². The average Bonchev–Trinajstić information content (AvgIpc) is 3.22. The van der Waals surface area contributed by atoms with Crippen LogP contribution < -0.4 is 21.5 Å². The van der Waals surface area contributed by atoms with E-state index in [4.69, 9.17) is 9.26 Å². The van der Waals surface area contributed by atoms with Gasteiger partial charge >= 0.3 is 11.4 Å². The fourth-order valence-electron chi connectivity index (χ4n) is 3.82. The molecule has 0 fully saturated rings. The van der Waals surface area contributed by atoms with Gasteiger partial charge < -0.3 is 19.5 Å². The lowest BCUT2D eigenvalue weighted by Crippen LogP contribution is -2.36. The molecule has 196 valence electrons. The summed E-state index contributed by atoms with van der Waals surface area (Å²) in [7, 11) is 3.28. The molecule has 0 unspecified atom stereocenters. The van der Waals surface area contributed by atoms with Crippen molar-refractivity contribution < 1.29 is 18.8 Å². The van der Waals surface area contributed by atoms with Gasteiger partial charge in [-0.25, -0.2) is 14.6 Å². The van der Waals surface area contributed by atoms with Crippen LogP contribution in [0.15, 0.2) is 80.8 Å². The fourth-order valence-corrected chi connectivity index (χ4v) is 3.82. The van der Waals surface area contributed by atoms with Crippen molar-refractivity contribution in [1.82, 2.24) is 19.9 Å². The molecule has 0 radical (unpaired) electrons. The SMILES string of the molecule is Cc1cc(C(=O)NCC(=O)N(C)C)ccc1-c1cccc(COc2ccc(Cn3oc(=O)[nH]c3=O)cc2)c1. The van der Waals surface area contributed by atoms with E-state index in [9.17, 15) is 19.2 Å². The zero-order valence-electron chi connectivity index (χ0n) is 21.3. The Morgan fingerprint density at radius 1 is 1.00 bits per heavy atom. The van der Waals surface area contributed by atoms with Crippen molar-refractivity contribution in [3.8, 4) is 16.9 Å². The predicted octanol–water partition coefficient (Wildman–Crippen LogP) is 2.55. The maximum atomic E-state index is 12.4. The van der Waals surface area contributed by atoms with Crippen molar-refractivity contribution in [2.75, 3.05) is 20.6 Å². The number of aromatic amines is 1. The summed E-state index contributed by atoms with van der Waals surface area (Å²) in [5.41, 5.74) is 4.55. The van der Waals surface area contributed by atoms with Gasteiger partial charge in [-0.3, -0.25) is 9.59 Å². The molecule has 0 saturated carbocycles. The Morgan fingerprint density at radius 3 is 2.42 bits per heavy atom. The summed E-state index contributed by atoms with van der Waals surface area (Å²) in [6, 6.07) is 20.6. The second-order valence-corrected chi connectivity index (χ2v) is 8.98. The summed E-state index contributed by atoms with van der Waals surface area (Å²) in [5, 5.41) is 2.65. The number of carbonyl (C=O) groups excluding carboxylic acids is 2. The van der Waals surface area contributed by atoms with Crippen LogP contribution in [0.1, 0.15) is 27.0 Å². The molecule has 0 atom stereocenters. The molecule has 2 amide bonds. The highest BCUT2D eigenvalue weighted by Crippen LogP contribution is 2.26. The van der Waals surface area contributed by atoms with Gasteiger partial charge in [-0.15, -0.1) is 4.74 Å². The van der Waals surface area contributed by atoms with Crippen LogP contribution >= 0.6 is 0 Å². The Labute approximate surface area is 218 Å². The summed E-state index contributed by atoms with van der Waals surface area (Å²) in [4.78, 5) is 50.4. The van der Waals surface area contributed by atoms with Crippen LogP contribution in [0.2, 0.25) is 0 Å². The summed E-state index contributed by atoms with van der Waals surface area (Å²) in [5.74, 6) is -0.610. The number of hydrogen-bond acceptors (Lipinski definition) is 6. The maximum Gasteiger partial charge on any atom is 0.440 e. The quantitative estimate of drug-likeness (QED) is 0.352. The Bertz CT molecular complexity index is 1560. The van der Waals surface area contributed by atoms with Crippen LogP contribution in [-0.4, -0.2) is 47.1 Å². The summed E-state index contributed by atoms with van der Waals surface area (Å²) in [6.07, 6.45) is 0. The molecule has 0 saturated heterocycles. The lowest BCUT2D eigenvalue weighted by atomic mass is 9.97. The Morgan fingerprint density at radius 2 is 1.76 bits per heavy atom. The molecule has 0 aliphatic carbocycles. The zero-order valence-corrected chi connectivity index (χ0v) is 21.3. The predicted molar refractivity (Wildman–Crippen MR) is 141 cm³/mol. The Balaban J connectivity index is 1.38. The van der Waals surface area contributed by atoms with Crippen LogP contribution in [-0.2, 0) is 17.9 Å². The maximum absolute atomic E-state index is 12.4. The normalized spacial score (nSPS) is 10.7. The van der Waals surface area contributed by atoms with Gasteiger partial charge in [0.05, 0.1) is 13.1 Å². The second kappa shape index (κ2) is 11.5. The third-order valence-corrected chi connectivity index (χ3v) is 5.91. The van der Waals surface area contributed by atoms with E-state index in [2.05, 4.69) is 5.32 Å². The van der Waals surface area contributed by atoms with Crippen molar-refractivity contribution in [2.24, 2.45) is 0 Å². The lowest BCUT2D eigenvalue weighted by molar-refractivity contribution is -0.127. The molecular formula is C28H28N4O6. The molecule has 1 heterocycles. The van der Waals surface area contributed by atoms with Gasteiger partial charge in [-0.2, -0.15) is 0 Å². The number of amides is 2. The average molecular weight is 517 g/mol. The Kier molecular flexibility index (Phi) is 7.91. The molecule has 10 nitrogen and oxygen atoms in total. The first-order valence-electron chi connectivity index (χ1n) is 11.9. The number of likely N-dealkylation sites (N-methyl/N-ethyl adjacent to an activating group) is 1. The first-order valence-corrected chi connectivity index (χ1v) is 11.9. The number of nitrogens with one attached hydrogen (secondary N) is 2. The molecule has 10 heteroatoms. The van der Waals surface area contributed by atoms with Crippen LogP contribution in [0.3, 0.4) is 0 Å². The third kappa shape index (κ3) is 6.47. The van der Waals surface area contributed by atoms with Gasteiger partial charge in [-0.05, 0) is 65.1 Å². The first-order chi connectivity index (χ1) is 18.2. The monoisotopic (exact) mass is 516 g/mol. The van der Waals surface area contributed by atoms with Gasteiger partial charge in [0, 0.05) is 19.7 Å². The minimum absolute atomic E-state index is 0.0531. The summed E-state index contributed by atoms with van der Waals surface area (Å²) in [6.45, 7) is 2.36.